The zero-order valence-corrected chi connectivity index (χ0v) is 13.4. The molecule has 1 aromatic rings. The molecule has 0 radical (unpaired) electrons. The molecule has 2 heterocycles. The van der Waals surface area contributed by atoms with E-state index in [0.717, 1.165) is 28.6 Å². The quantitative estimate of drug-likeness (QED) is 0.906. The summed E-state index contributed by atoms with van der Waals surface area (Å²) in [5, 5.41) is 0. The molecular formula is C14H22ClN3OS. The second kappa shape index (κ2) is 7.41. The molecule has 112 valence electrons. The fourth-order valence-electron chi connectivity index (χ4n) is 2.59. The number of hydrogen-bond acceptors (Lipinski definition) is 4. The molecule has 1 fully saturated rings. The number of hydrogen-bond donors (Lipinski definition) is 1. The van der Waals surface area contributed by atoms with Crippen molar-refractivity contribution in [3.8, 4) is 0 Å². The first-order valence-electron chi connectivity index (χ1n) is 7.02. The summed E-state index contributed by atoms with van der Waals surface area (Å²) >= 11 is 7.43. The van der Waals surface area contributed by atoms with Crippen molar-refractivity contribution < 1.29 is 4.79 Å². The standard InChI is InChI=1S/C14H22ClN3OS/c1-17(9-12-5-6-13(15)20-12)14(19)10-18-7-3-2-4-11(18)8-16/h5-6,11H,2-4,7-10,16H2,1H3. The molecule has 1 aromatic heterocycles. The van der Waals surface area contributed by atoms with Gasteiger partial charge in [0, 0.05) is 24.5 Å². The van der Waals surface area contributed by atoms with Gasteiger partial charge in [0.05, 0.1) is 17.4 Å². The lowest BCUT2D eigenvalue weighted by molar-refractivity contribution is -0.132. The molecule has 1 atom stereocenters. The molecule has 1 unspecified atom stereocenters. The van der Waals surface area contributed by atoms with Crippen molar-refractivity contribution >= 4 is 28.8 Å². The number of carbonyl (C=O) groups is 1. The number of rotatable bonds is 5. The lowest BCUT2D eigenvalue weighted by Gasteiger charge is -2.35. The number of nitrogens with zero attached hydrogens (tertiary/aromatic N) is 2. The molecule has 1 aliphatic heterocycles. The van der Waals surface area contributed by atoms with Gasteiger partial charge in [-0.25, -0.2) is 0 Å². The molecule has 2 rings (SSSR count). The highest BCUT2D eigenvalue weighted by Crippen LogP contribution is 2.22. The van der Waals surface area contributed by atoms with E-state index in [-0.39, 0.29) is 5.91 Å². The van der Waals surface area contributed by atoms with E-state index in [2.05, 4.69) is 4.90 Å². The van der Waals surface area contributed by atoms with Gasteiger partial charge in [0.15, 0.2) is 0 Å². The van der Waals surface area contributed by atoms with Crippen LogP contribution in [0.1, 0.15) is 24.1 Å². The first-order valence-corrected chi connectivity index (χ1v) is 8.22. The lowest BCUT2D eigenvalue weighted by atomic mass is 10.0. The molecule has 1 amide bonds. The number of thiophene rings is 1. The van der Waals surface area contributed by atoms with Crippen molar-refractivity contribution in [1.29, 1.82) is 0 Å². The number of amides is 1. The molecule has 2 N–H and O–H groups in total. The number of piperidine rings is 1. The Hall–Kier alpha value is -0.620. The van der Waals surface area contributed by atoms with Gasteiger partial charge in [-0.15, -0.1) is 11.3 Å². The summed E-state index contributed by atoms with van der Waals surface area (Å²) in [6.45, 7) is 2.71. The summed E-state index contributed by atoms with van der Waals surface area (Å²) in [5.74, 6) is 0.148. The molecule has 0 aromatic carbocycles. The first kappa shape index (κ1) is 15.8. The summed E-state index contributed by atoms with van der Waals surface area (Å²) in [7, 11) is 1.84. The van der Waals surface area contributed by atoms with Gasteiger partial charge in [-0.1, -0.05) is 18.0 Å². The SMILES string of the molecule is CN(Cc1ccc(Cl)s1)C(=O)CN1CCCCC1CN. The Balaban J connectivity index is 1.86. The van der Waals surface area contributed by atoms with Crippen LogP contribution in [0.25, 0.3) is 0 Å². The Kier molecular flexibility index (Phi) is 5.84. The second-order valence-electron chi connectivity index (χ2n) is 5.31. The zero-order valence-electron chi connectivity index (χ0n) is 11.8. The summed E-state index contributed by atoms with van der Waals surface area (Å²) in [4.78, 5) is 17.4. The highest BCUT2D eigenvalue weighted by Gasteiger charge is 2.24. The Bertz CT molecular complexity index is 451. The summed E-state index contributed by atoms with van der Waals surface area (Å²) in [6, 6.07) is 4.20. The topological polar surface area (TPSA) is 49.6 Å². The van der Waals surface area contributed by atoms with Crippen LogP contribution in [0, 0.1) is 0 Å². The number of nitrogens with two attached hydrogens (primary N) is 1. The van der Waals surface area contributed by atoms with Crippen molar-refractivity contribution in [3.05, 3.63) is 21.3 Å². The average Bonchev–Trinajstić information content (AvgIpc) is 2.84. The maximum absolute atomic E-state index is 12.3. The van der Waals surface area contributed by atoms with Gasteiger partial charge < -0.3 is 10.6 Å². The molecule has 1 saturated heterocycles. The maximum atomic E-state index is 12.3. The maximum Gasteiger partial charge on any atom is 0.236 e. The molecule has 0 bridgehead atoms. The summed E-state index contributed by atoms with van der Waals surface area (Å²) in [6.07, 6.45) is 3.48. The number of halogens is 1. The van der Waals surface area contributed by atoms with Gasteiger partial charge in [-0.2, -0.15) is 0 Å². The van der Waals surface area contributed by atoms with Crippen molar-refractivity contribution in [2.75, 3.05) is 26.7 Å². The van der Waals surface area contributed by atoms with E-state index < -0.39 is 0 Å². The minimum atomic E-state index is 0.148. The van der Waals surface area contributed by atoms with E-state index in [0.29, 0.717) is 25.7 Å². The van der Waals surface area contributed by atoms with Gasteiger partial charge in [0.2, 0.25) is 5.91 Å². The Morgan fingerprint density at radius 1 is 1.55 bits per heavy atom. The third-order valence-corrected chi connectivity index (χ3v) is 5.02. The zero-order chi connectivity index (χ0) is 14.5. The van der Waals surface area contributed by atoms with Gasteiger partial charge in [-0.3, -0.25) is 9.69 Å². The average molecular weight is 316 g/mol. The number of carbonyl (C=O) groups excluding carboxylic acids is 1. The van der Waals surface area contributed by atoms with E-state index >= 15 is 0 Å². The molecule has 20 heavy (non-hydrogen) atoms. The van der Waals surface area contributed by atoms with Crippen molar-refractivity contribution in [3.63, 3.8) is 0 Å². The Morgan fingerprint density at radius 2 is 2.35 bits per heavy atom. The van der Waals surface area contributed by atoms with Crippen molar-refractivity contribution in [2.24, 2.45) is 5.73 Å². The van der Waals surface area contributed by atoms with Crippen LogP contribution >= 0.6 is 22.9 Å². The van der Waals surface area contributed by atoms with Crippen LogP contribution in [0.3, 0.4) is 0 Å². The van der Waals surface area contributed by atoms with E-state index in [1.165, 1.54) is 17.8 Å². The summed E-state index contributed by atoms with van der Waals surface area (Å²) < 4.78 is 0.764. The molecule has 0 saturated carbocycles. The van der Waals surface area contributed by atoms with Crippen LogP contribution < -0.4 is 5.73 Å². The van der Waals surface area contributed by atoms with Crippen molar-refractivity contribution in [1.82, 2.24) is 9.80 Å². The fourth-order valence-corrected chi connectivity index (χ4v) is 3.73. The van der Waals surface area contributed by atoms with Crippen LogP contribution in [-0.4, -0.2) is 48.4 Å². The van der Waals surface area contributed by atoms with Crippen LogP contribution in [0.15, 0.2) is 12.1 Å². The largest absolute Gasteiger partial charge is 0.340 e. The third kappa shape index (κ3) is 4.19. The van der Waals surface area contributed by atoms with E-state index in [9.17, 15) is 4.79 Å². The number of likely N-dealkylation sites (tertiary alicyclic amines) is 1. The van der Waals surface area contributed by atoms with Crippen LogP contribution in [0.5, 0.6) is 0 Å². The van der Waals surface area contributed by atoms with E-state index in [1.807, 2.05) is 19.2 Å². The Labute approximate surface area is 129 Å². The van der Waals surface area contributed by atoms with Crippen molar-refractivity contribution in [2.45, 2.75) is 31.8 Å². The highest BCUT2D eigenvalue weighted by atomic mass is 35.5. The monoisotopic (exact) mass is 315 g/mol. The Morgan fingerprint density at radius 3 is 3.00 bits per heavy atom. The van der Waals surface area contributed by atoms with Crippen LogP contribution in [0.2, 0.25) is 4.34 Å². The van der Waals surface area contributed by atoms with Crippen LogP contribution in [0.4, 0.5) is 0 Å². The fraction of sp³-hybridized carbons (Fsp3) is 0.643. The van der Waals surface area contributed by atoms with E-state index in [4.69, 9.17) is 17.3 Å². The third-order valence-electron chi connectivity index (χ3n) is 3.81. The summed E-state index contributed by atoms with van der Waals surface area (Å²) in [5.41, 5.74) is 5.79. The molecular weight excluding hydrogens is 294 g/mol. The molecule has 4 nitrogen and oxygen atoms in total. The van der Waals surface area contributed by atoms with Gasteiger partial charge in [-0.05, 0) is 31.5 Å². The number of likely N-dealkylation sites (N-methyl/N-ethyl adjacent to an activating group) is 1. The molecule has 0 spiro atoms. The van der Waals surface area contributed by atoms with Gasteiger partial charge >= 0.3 is 0 Å². The predicted molar refractivity (Wildman–Crippen MR) is 84.1 cm³/mol. The lowest BCUT2D eigenvalue weighted by Crippen LogP contribution is -2.48. The first-order chi connectivity index (χ1) is 9.60. The predicted octanol–water partition coefficient (Wildman–Crippen LogP) is 2.17. The second-order valence-corrected chi connectivity index (χ2v) is 7.11. The molecule has 1 aliphatic rings. The van der Waals surface area contributed by atoms with Crippen LogP contribution in [-0.2, 0) is 11.3 Å². The van der Waals surface area contributed by atoms with Gasteiger partial charge in [0.25, 0.3) is 0 Å². The minimum absolute atomic E-state index is 0.148. The van der Waals surface area contributed by atoms with E-state index in [1.54, 1.807) is 4.90 Å². The smallest absolute Gasteiger partial charge is 0.236 e. The molecule has 6 heteroatoms. The normalized spacial score (nSPS) is 20.1. The van der Waals surface area contributed by atoms with Gasteiger partial charge in [0.1, 0.15) is 0 Å². The highest BCUT2D eigenvalue weighted by molar-refractivity contribution is 7.16. The molecule has 0 aliphatic carbocycles. The minimum Gasteiger partial charge on any atom is -0.340 e.